The Hall–Kier alpha value is -1.84. The summed E-state index contributed by atoms with van der Waals surface area (Å²) in [7, 11) is 5.14. The number of guanidine groups is 1. The molecule has 0 fully saturated rings. The zero-order valence-corrected chi connectivity index (χ0v) is 19.1. The molecule has 2 rings (SSSR count). The minimum atomic E-state index is 0. The van der Waals surface area contributed by atoms with E-state index in [0.29, 0.717) is 32.3 Å². The molecule has 0 spiro atoms. The molecule has 0 amide bonds. The van der Waals surface area contributed by atoms with Crippen molar-refractivity contribution in [2.75, 3.05) is 39.8 Å². The second-order valence-corrected chi connectivity index (χ2v) is 6.03. The van der Waals surface area contributed by atoms with Crippen LogP contribution in [0.4, 0.5) is 5.69 Å². The van der Waals surface area contributed by atoms with Gasteiger partial charge in [-0.3, -0.25) is 4.99 Å². The Morgan fingerprint density at radius 1 is 0.964 bits per heavy atom. The number of aliphatic imine (C=N–C) groups is 1. The minimum absolute atomic E-state index is 0. The number of halogens is 1. The molecule has 2 aromatic rings. The van der Waals surface area contributed by atoms with Gasteiger partial charge in [-0.2, -0.15) is 0 Å². The van der Waals surface area contributed by atoms with Gasteiger partial charge in [0.2, 0.25) is 0 Å². The van der Waals surface area contributed by atoms with Crippen LogP contribution < -0.4 is 15.4 Å². The zero-order chi connectivity index (χ0) is 19.3. The lowest BCUT2D eigenvalue weighted by Crippen LogP contribution is -2.30. The minimum Gasteiger partial charge on any atom is -0.493 e. The van der Waals surface area contributed by atoms with Gasteiger partial charge >= 0.3 is 0 Å². The van der Waals surface area contributed by atoms with E-state index in [1.54, 1.807) is 21.3 Å². The molecular formula is C21H30IN3O3. The number of rotatable bonds is 10. The first-order valence-electron chi connectivity index (χ1n) is 9.01. The molecule has 0 radical (unpaired) electrons. The summed E-state index contributed by atoms with van der Waals surface area (Å²) in [5, 5.41) is 6.61. The van der Waals surface area contributed by atoms with Crippen LogP contribution >= 0.6 is 24.0 Å². The second kappa shape index (κ2) is 14.2. The quantitative estimate of drug-likeness (QED) is 0.224. The molecule has 7 heteroatoms. The summed E-state index contributed by atoms with van der Waals surface area (Å²) in [6.45, 7) is 2.60. The van der Waals surface area contributed by atoms with Gasteiger partial charge < -0.3 is 24.8 Å². The highest BCUT2D eigenvalue weighted by Crippen LogP contribution is 2.17. The fourth-order valence-electron chi connectivity index (χ4n) is 2.55. The molecule has 0 saturated heterocycles. The Bertz CT molecular complexity index is 726. The van der Waals surface area contributed by atoms with Crippen LogP contribution in [0.25, 0.3) is 0 Å². The third kappa shape index (κ3) is 8.90. The number of methoxy groups -OCH3 is 2. The fraction of sp³-hybridized carbons (Fsp3) is 0.381. The number of benzene rings is 2. The van der Waals surface area contributed by atoms with E-state index in [4.69, 9.17) is 14.2 Å². The molecule has 2 N–H and O–H groups in total. The van der Waals surface area contributed by atoms with E-state index < -0.39 is 0 Å². The number of nitrogens with one attached hydrogen (secondary N) is 2. The number of hydrogen-bond donors (Lipinski definition) is 2. The van der Waals surface area contributed by atoms with Crippen LogP contribution in [0.5, 0.6) is 5.75 Å². The van der Waals surface area contributed by atoms with E-state index in [2.05, 4.69) is 33.8 Å². The van der Waals surface area contributed by atoms with Gasteiger partial charge in [0.15, 0.2) is 5.96 Å². The predicted molar refractivity (Wildman–Crippen MR) is 125 cm³/mol. The van der Waals surface area contributed by atoms with E-state index in [-0.39, 0.29) is 24.0 Å². The molecule has 2 aromatic carbocycles. The van der Waals surface area contributed by atoms with E-state index >= 15 is 0 Å². The van der Waals surface area contributed by atoms with Crippen LogP contribution in [0.2, 0.25) is 0 Å². The Morgan fingerprint density at radius 3 is 2.50 bits per heavy atom. The molecule has 0 unspecified atom stereocenters. The predicted octanol–water partition coefficient (Wildman–Crippen LogP) is 4.05. The molecule has 28 heavy (non-hydrogen) atoms. The second-order valence-electron chi connectivity index (χ2n) is 6.03. The van der Waals surface area contributed by atoms with Gasteiger partial charge in [0, 0.05) is 52.6 Å². The van der Waals surface area contributed by atoms with Crippen molar-refractivity contribution < 1.29 is 14.2 Å². The first kappa shape index (κ1) is 24.2. The van der Waals surface area contributed by atoms with Crippen molar-refractivity contribution >= 4 is 35.6 Å². The molecule has 0 aliphatic carbocycles. The van der Waals surface area contributed by atoms with Gasteiger partial charge in [-0.15, -0.1) is 24.0 Å². The topological polar surface area (TPSA) is 64.1 Å². The largest absolute Gasteiger partial charge is 0.493 e. The summed E-state index contributed by atoms with van der Waals surface area (Å²) in [4.78, 5) is 4.29. The molecule has 0 saturated carbocycles. The molecule has 154 valence electrons. The Balaban J connectivity index is 0.00000392. The standard InChI is InChI=1S/C21H29N3O3.HI/c1-22-21(23-15-17-7-4-8-18(13-17)16-26-3)24-19-9-5-10-20(14-19)27-12-6-11-25-2;/h4-5,7-10,13-14H,6,11-12,15-16H2,1-3H3,(H2,22,23,24);1H. The Labute approximate surface area is 184 Å². The molecule has 0 bridgehead atoms. The van der Waals surface area contributed by atoms with Crippen molar-refractivity contribution in [2.45, 2.75) is 19.6 Å². The Kier molecular flexibility index (Phi) is 12.3. The van der Waals surface area contributed by atoms with E-state index in [1.807, 2.05) is 30.3 Å². The molecule has 6 nitrogen and oxygen atoms in total. The number of ether oxygens (including phenoxy) is 3. The molecule has 0 atom stereocenters. The van der Waals surface area contributed by atoms with Crippen molar-refractivity contribution in [3.63, 3.8) is 0 Å². The lowest BCUT2D eigenvalue weighted by Gasteiger charge is -2.14. The first-order valence-corrected chi connectivity index (χ1v) is 9.01. The summed E-state index contributed by atoms with van der Waals surface area (Å²) >= 11 is 0. The van der Waals surface area contributed by atoms with Crippen molar-refractivity contribution in [1.29, 1.82) is 0 Å². The first-order chi connectivity index (χ1) is 13.2. The summed E-state index contributed by atoms with van der Waals surface area (Å²) in [5.41, 5.74) is 3.24. The van der Waals surface area contributed by atoms with Gasteiger partial charge in [0.25, 0.3) is 0 Å². The summed E-state index contributed by atoms with van der Waals surface area (Å²) in [6.07, 6.45) is 0.861. The third-order valence-corrected chi connectivity index (χ3v) is 3.84. The van der Waals surface area contributed by atoms with Crippen LogP contribution in [0.1, 0.15) is 17.5 Å². The third-order valence-electron chi connectivity index (χ3n) is 3.84. The highest BCUT2D eigenvalue weighted by atomic mass is 127. The van der Waals surface area contributed by atoms with Crippen molar-refractivity contribution in [1.82, 2.24) is 5.32 Å². The van der Waals surface area contributed by atoms with Gasteiger partial charge in [0.05, 0.1) is 13.2 Å². The number of hydrogen-bond acceptors (Lipinski definition) is 4. The molecular weight excluding hydrogens is 469 g/mol. The van der Waals surface area contributed by atoms with Crippen molar-refractivity contribution in [2.24, 2.45) is 4.99 Å². The normalized spacial score (nSPS) is 10.9. The van der Waals surface area contributed by atoms with Crippen molar-refractivity contribution in [3.8, 4) is 5.75 Å². The van der Waals surface area contributed by atoms with Crippen LogP contribution in [0, 0.1) is 0 Å². The highest BCUT2D eigenvalue weighted by molar-refractivity contribution is 14.0. The maximum Gasteiger partial charge on any atom is 0.195 e. The van der Waals surface area contributed by atoms with E-state index in [0.717, 1.165) is 23.4 Å². The van der Waals surface area contributed by atoms with Gasteiger partial charge in [-0.1, -0.05) is 30.3 Å². The average molecular weight is 499 g/mol. The van der Waals surface area contributed by atoms with E-state index in [9.17, 15) is 0 Å². The van der Waals surface area contributed by atoms with Crippen LogP contribution in [-0.4, -0.2) is 40.4 Å². The Morgan fingerprint density at radius 2 is 1.75 bits per heavy atom. The lowest BCUT2D eigenvalue weighted by molar-refractivity contribution is 0.172. The molecule has 0 aliphatic heterocycles. The van der Waals surface area contributed by atoms with Crippen LogP contribution in [0.3, 0.4) is 0 Å². The van der Waals surface area contributed by atoms with Gasteiger partial charge in [-0.05, 0) is 23.3 Å². The molecule has 0 heterocycles. The maximum atomic E-state index is 5.74. The number of anilines is 1. The van der Waals surface area contributed by atoms with Gasteiger partial charge in [0.1, 0.15) is 5.75 Å². The summed E-state index contributed by atoms with van der Waals surface area (Å²) < 4.78 is 16.0. The molecule has 0 aliphatic rings. The fourth-order valence-corrected chi connectivity index (χ4v) is 2.55. The average Bonchev–Trinajstić information content (AvgIpc) is 2.69. The van der Waals surface area contributed by atoms with Crippen LogP contribution in [-0.2, 0) is 22.6 Å². The maximum absolute atomic E-state index is 5.74. The monoisotopic (exact) mass is 499 g/mol. The highest BCUT2D eigenvalue weighted by Gasteiger charge is 2.03. The summed E-state index contributed by atoms with van der Waals surface area (Å²) in [5.74, 6) is 1.52. The van der Waals surface area contributed by atoms with Gasteiger partial charge in [-0.25, -0.2) is 0 Å². The lowest BCUT2D eigenvalue weighted by atomic mass is 10.1. The zero-order valence-electron chi connectivity index (χ0n) is 16.7. The number of nitrogens with zero attached hydrogens (tertiary/aromatic N) is 1. The SMILES string of the molecule is CN=C(NCc1cccc(COC)c1)Nc1cccc(OCCCOC)c1.I. The smallest absolute Gasteiger partial charge is 0.195 e. The molecule has 0 aromatic heterocycles. The van der Waals surface area contributed by atoms with Crippen LogP contribution in [0.15, 0.2) is 53.5 Å². The van der Waals surface area contributed by atoms with E-state index in [1.165, 1.54) is 5.56 Å². The van der Waals surface area contributed by atoms with Crippen molar-refractivity contribution in [3.05, 3.63) is 59.7 Å². The summed E-state index contributed by atoms with van der Waals surface area (Å²) in [6, 6.07) is 16.1.